The van der Waals surface area contributed by atoms with E-state index in [0.29, 0.717) is 10.1 Å². The minimum absolute atomic E-state index is 0.264. The van der Waals surface area contributed by atoms with Crippen molar-refractivity contribution in [2.75, 3.05) is 0 Å². The molecule has 2 aliphatic carbocycles. The van der Waals surface area contributed by atoms with E-state index in [2.05, 4.69) is 6.58 Å². The van der Waals surface area contributed by atoms with Gasteiger partial charge in [0.25, 0.3) is 6.69 Å². The van der Waals surface area contributed by atoms with Crippen LogP contribution in [0, 0.1) is 0 Å². The third-order valence-electron chi connectivity index (χ3n) is 5.12. The summed E-state index contributed by atoms with van der Waals surface area (Å²) in [5, 5.41) is 0.465. The molecule has 2 atom stereocenters. The van der Waals surface area contributed by atoms with E-state index in [1.54, 1.807) is 6.08 Å². The average molecular weight is 424 g/mol. The van der Waals surface area contributed by atoms with Crippen LogP contribution in [0.4, 0.5) is 0 Å². The molecule has 0 radical (unpaired) electrons. The molecular formula is C20H14Cl4Si. The lowest BCUT2D eigenvalue weighted by Gasteiger charge is -2.41. The molecule has 0 nitrogen and oxygen atoms in total. The van der Waals surface area contributed by atoms with Crippen molar-refractivity contribution in [2.45, 2.75) is 10.6 Å². The molecule has 0 heterocycles. The highest BCUT2D eigenvalue weighted by atomic mass is 35.7. The zero-order valence-corrected chi connectivity index (χ0v) is 17.2. The standard InChI is InChI=1S/C20H14Cl4Si/c1-2-20(16-10-6-4-8-14(16)12-18(20)22)25(23,24)19-15-9-5-3-7-13(15)11-17(19)21/h2-12,19H,1H2. The summed E-state index contributed by atoms with van der Waals surface area (Å²) in [4.78, 5) is 0. The van der Waals surface area contributed by atoms with E-state index in [0.717, 1.165) is 22.3 Å². The lowest BCUT2D eigenvalue weighted by molar-refractivity contribution is 0.913. The molecule has 0 aliphatic heterocycles. The van der Waals surface area contributed by atoms with Crippen LogP contribution in [0.25, 0.3) is 12.2 Å². The Balaban J connectivity index is 1.95. The van der Waals surface area contributed by atoms with Gasteiger partial charge in [0.15, 0.2) is 0 Å². The summed E-state index contributed by atoms with van der Waals surface area (Å²) in [7, 11) is 0. The molecule has 2 unspecified atom stereocenters. The Morgan fingerprint density at radius 1 is 0.920 bits per heavy atom. The molecule has 5 heteroatoms. The number of hydrogen-bond donors (Lipinski definition) is 0. The van der Waals surface area contributed by atoms with Crippen LogP contribution in [0.5, 0.6) is 0 Å². The fraction of sp³-hybridized carbons (Fsp3) is 0.100. The predicted octanol–water partition coefficient (Wildman–Crippen LogP) is 7.08. The molecule has 0 bridgehead atoms. The summed E-state index contributed by atoms with van der Waals surface area (Å²) >= 11 is 27.8. The van der Waals surface area contributed by atoms with E-state index >= 15 is 0 Å². The lowest BCUT2D eigenvalue weighted by atomic mass is 9.99. The first-order valence-corrected chi connectivity index (χ1v) is 12.7. The first kappa shape index (κ1) is 17.5. The van der Waals surface area contributed by atoms with Crippen LogP contribution in [-0.2, 0) is 5.04 Å². The topological polar surface area (TPSA) is 0 Å². The Kier molecular flexibility index (Phi) is 4.22. The van der Waals surface area contributed by atoms with Crippen LogP contribution in [0.15, 0.2) is 71.3 Å². The van der Waals surface area contributed by atoms with Gasteiger partial charge in [-0.2, -0.15) is 0 Å². The minimum atomic E-state index is -3.19. The maximum Gasteiger partial charge on any atom is 0.282 e. The van der Waals surface area contributed by atoms with E-state index in [1.807, 2.05) is 60.7 Å². The van der Waals surface area contributed by atoms with Gasteiger partial charge in [-0.15, -0.1) is 28.7 Å². The fourth-order valence-corrected chi connectivity index (χ4v) is 11.9. The molecule has 0 aromatic heterocycles. The maximum atomic E-state index is 7.23. The number of fused-ring (bicyclic) bond motifs is 2. The van der Waals surface area contributed by atoms with E-state index in [4.69, 9.17) is 45.4 Å². The highest BCUT2D eigenvalue weighted by molar-refractivity contribution is 7.47. The van der Waals surface area contributed by atoms with Crippen molar-refractivity contribution >= 4 is 64.2 Å². The van der Waals surface area contributed by atoms with Crippen molar-refractivity contribution in [3.8, 4) is 0 Å². The molecule has 2 aromatic carbocycles. The smallest absolute Gasteiger partial charge is 0.143 e. The van der Waals surface area contributed by atoms with Gasteiger partial charge in [-0.3, -0.25) is 0 Å². The second-order valence-electron chi connectivity index (χ2n) is 6.31. The molecular weight excluding hydrogens is 410 g/mol. The number of allylic oxidation sites excluding steroid dienone is 3. The van der Waals surface area contributed by atoms with Gasteiger partial charge in [0.05, 0.1) is 5.04 Å². The highest BCUT2D eigenvalue weighted by Crippen LogP contribution is 2.60. The summed E-state index contributed by atoms with van der Waals surface area (Å²) in [5.74, 6) is 0. The monoisotopic (exact) mass is 422 g/mol. The highest BCUT2D eigenvalue weighted by Gasteiger charge is 2.62. The molecule has 25 heavy (non-hydrogen) atoms. The number of benzene rings is 2. The van der Waals surface area contributed by atoms with Crippen LogP contribution in [-0.4, -0.2) is 6.69 Å². The molecule has 0 saturated carbocycles. The van der Waals surface area contributed by atoms with Crippen molar-refractivity contribution in [3.05, 3.63) is 93.5 Å². The van der Waals surface area contributed by atoms with Crippen LogP contribution >= 0.6 is 45.4 Å². The molecule has 0 amide bonds. The quantitative estimate of drug-likeness (QED) is 0.281. The molecule has 2 aliphatic rings. The minimum Gasteiger partial charge on any atom is -0.143 e. The van der Waals surface area contributed by atoms with Gasteiger partial charge in [-0.1, -0.05) is 77.8 Å². The molecule has 0 saturated heterocycles. The van der Waals surface area contributed by atoms with Crippen molar-refractivity contribution in [1.29, 1.82) is 0 Å². The Morgan fingerprint density at radius 3 is 2.28 bits per heavy atom. The number of halogens is 4. The van der Waals surface area contributed by atoms with Crippen LogP contribution in [0.3, 0.4) is 0 Å². The third kappa shape index (κ3) is 2.27. The first-order valence-electron chi connectivity index (χ1n) is 7.88. The second kappa shape index (κ2) is 6.04. The van der Waals surface area contributed by atoms with Gasteiger partial charge < -0.3 is 0 Å². The van der Waals surface area contributed by atoms with Gasteiger partial charge in [0.2, 0.25) is 0 Å². The summed E-state index contributed by atoms with van der Waals surface area (Å²) < 4.78 is 0. The molecule has 0 fully saturated rings. The maximum absolute atomic E-state index is 7.23. The number of rotatable bonds is 3. The molecule has 0 N–H and O–H groups in total. The van der Waals surface area contributed by atoms with E-state index in [1.165, 1.54) is 0 Å². The second-order valence-corrected chi connectivity index (χ2v) is 13.9. The Bertz CT molecular complexity index is 944. The average Bonchev–Trinajstić information content (AvgIpc) is 3.08. The number of hydrogen-bond acceptors (Lipinski definition) is 0. The lowest BCUT2D eigenvalue weighted by Crippen LogP contribution is -2.51. The molecule has 2 aromatic rings. The Hall–Kier alpha value is -0.963. The van der Waals surface area contributed by atoms with Crippen LogP contribution < -0.4 is 0 Å². The molecule has 4 rings (SSSR count). The summed E-state index contributed by atoms with van der Waals surface area (Å²) in [6.45, 7) is 0.871. The summed E-state index contributed by atoms with van der Waals surface area (Å²) in [6.07, 6.45) is 5.68. The van der Waals surface area contributed by atoms with E-state index in [-0.39, 0.29) is 5.54 Å². The van der Waals surface area contributed by atoms with Crippen LogP contribution in [0.2, 0.25) is 0 Å². The van der Waals surface area contributed by atoms with Crippen molar-refractivity contribution < 1.29 is 0 Å². The summed E-state index contributed by atoms with van der Waals surface area (Å²) in [6, 6.07) is 16.0. The van der Waals surface area contributed by atoms with Crippen LogP contribution in [0.1, 0.15) is 27.8 Å². The first-order chi connectivity index (χ1) is 11.9. The zero-order chi connectivity index (χ0) is 17.8. The van der Waals surface area contributed by atoms with Gasteiger partial charge in [-0.05, 0) is 34.4 Å². The predicted molar refractivity (Wildman–Crippen MR) is 113 cm³/mol. The SMILES string of the molecule is C=CC1([Si](Cl)(Cl)C2C(Cl)=Cc3ccccc32)C(Cl)=Cc2ccccc21. The largest absolute Gasteiger partial charge is 0.282 e. The van der Waals surface area contributed by atoms with Gasteiger partial charge in [-0.25, -0.2) is 0 Å². The normalized spacial score (nSPS) is 24.4. The Labute approximate surface area is 167 Å². The van der Waals surface area contributed by atoms with Gasteiger partial charge in [0.1, 0.15) is 0 Å². The molecule has 0 spiro atoms. The molecule has 126 valence electrons. The van der Waals surface area contributed by atoms with E-state index < -0.39 is 11.7 Å². The van der Waals surface area contributed by atoms with Gasteiger partial charge >= 0.3 is 0 Å². The van der Waals surface area contributed by atoms with Gasteiger partial charge in [0, 0.05) is 15.6 Å². The van der Waals surface area contributed by atoms with E-state index in [9.17, 15) is 0 Å². The zero-order valence-electron chi connectivity index (χ0n) is 13.1. The van der Waals surface area contributed by atoms with Crippen molar-refractivity contribution in [3.63, 3.8) is 0 Å². The fourth-order valence-electron chi connectivity index (χ4n) is 3.93. The summed E-state index contributed by atoms with van der Waals surface area (Å²) in [5.41, 5.74) is 3.87. The van der Waals surface area contributed by atoms with Crippen molar-refractivity contribution in [1.82, 2.24) is 0 Å². The third-order valence-corrected chi connectivity index (χ3v) is 12.4. The Morgan fingerprint density at radius 2 is 1.56 bits per heavy atom. The van der Waals surface area contributed by atoms with Crippen molar-refractivity contribution in [2.24, 2.45) is 0 Å².